The Labute approximate surface area is 136 Å². The van der Waals surface area contributed by atoms with Gasteiger partial charge in [0.05, 0.1) is 5.02 Å². The van der Waals surface area contributed by atoms with Gasteiger partial charge < -0.3 is 5.32 Å². The molecular formula is C14H20Cl2N2O2S. The zero-order valence-electron chi connectivity index (χ0n) is 12.3. The van der Waals surface area contributed by atoms with Gasteiger partial charge in [0.1, 0.15) is 4.90 Å². The summed E-state index contributed by atoms with van der Waals surface area (Å²) >= 11 is 12.2. The predicted octanol–water partition coefficient (Wildman–Crippen LogP) is 3.32. The van der Waals surface area contributed by atoms with Crippen molar-refractivity contribution in [3.05, 3.63) is 27.7 Å². The van der Waals surface area contributed by atoms with Crippen molar-refractivity contribution < 1.29 is 8.42 Å². The second-order valence-electron chi connectivity index (χ2n) is 6.08. The van der Waals surface area contributed by atoms with E-state index < -0.39 is 10.0 Å². The van der Waals surface area contributed by atoms with Gasteiger partial charge >= 0.3 is 0 Å². The number of hydrogen-bond donors (Lipinski definition) is 2. The van der Waals surface area contributed by atoms with E-state index in [0.717, 1.165) is 18.4 Å². The molecular weight excluding hydrogens is 331 g/mol. The van der Waals surface area contributed by atoms with E-state index in [1.165, 1.54) is 6.07 Å². The lowest BCUT2D eigenvalue weighted by molar-refractivity contribution is 0.557. The fraction of sp³-hybridized carbons (Fsp3) is 0.571. The minimum atomic E-state index is -3.63. The van der Waals surface area contributed by atoms with Crippen molar-refractivity contribution >= 4 is 33.2 Å². The quantitative estimate of drug-likeness (QED) is 0.827. The number of benzene rings is 1. The average molecular weight is 351 g/mol. The molecule has 0 bridgehead atoms. The molecule has 0 amide bonds. The van der Waals surface area contributed by atoms with Gasteiger partial charge in [0.2, 0.25) is 10.0 Å². The van der Waals surface area contributed by atoms with E-state index in [1.807, 2.05) is 20.8 Å². The number of sulfonamides is 1. The van der Waals surface area contributed by atoms with Gasteiger partial charge in [-0.25, -0.2) is 13.1 Å². The van der Waals surface area contributed by atoms with Gasteiger partial charge in [0, 0.05) is 23.1 Å². The number of nitrogens with one attached hydrogen (secondary N) is 2. The Morgan fingerprint density at radius 3 is 2.38 bits per heavy atom. The molecule has 0 aromatic heterocycles. The van der Waals surface area contributed by atoms with Gasteiger partial charge in [-0.3, -0.25) is 0 Å². The Bertz CT molecular complexity index is 641. The molecule has 0 unspecified atom stereocenters. The third kappa shape index (κ3) is 4.33. The first-order chi connectivity index (χ1) is 9.63. The summed E-state index contributed by atoms with van der Waals surface area (Å²) in [5, 5.41) is 3.82. The molecule has 7 heteroatoms. The van der Waals surface area contributed by atoms with E-state index in [0.29, 0.717) is 11.6 Å². The number of hydrogen-bond acceptors (Lipinski definition) is 3. The smallest absolute Gasteiger partial charge is 0.242 e. The molecule has 1 aliphatic rings. The Hall–Kier alpha value is -0.330. The van der Waals surface area contributed by atoms with E-state index in [1.54, 1.807) is 6.07 Å². The first kappa shape index (κ1) is 17.0. The first-order valence-corrected chi connectivity index (χ1v) is 9.12. The molecule has 1 fully saturated rings. The van der Waals surface area contributed by atoms with E-state index in [4.69, 9.17) is 23.2 Å². The second kappa shape index (κ2) is 6.05. The van der Waals surface area contributed by atoms with Gasteiger partial charge in [-0.2, -0.15) is 0 Å². The zero-order valence-corrected chi connectivity index (χ0v) is 14.7. The van der Waals surface area contributed by atoms with Crippen LogP contribution in [-0.4, -0.2) is 20.0 Å². The van der Waals surface area contributed by atoms with Gasteiger partial charge in [0.25, 0.3) is 0 Å². The standard InChI is InChI=1S/C14H20Cl2N2O2S/c1-9(2)17-8-10-6-13(12(16)7-11(10)15)21(19,20)18-14(3)4-5-14/h6-7,9,17-18H,4-5,8H2,1-3H3. The van der Waals surface area contributed by atoms with Crippen molar-refractivity contribution in [3.8, 4) is 0 Å². The van der Waals surface area contributed by atoms with Crippen LogP contribution in [0.1, 0.15) is 39.2 Å². The molecule has 2 N–H and O–H groups in total. The van der Waals surface area contributed by atoms with Crippen molar-refractivity contribution in [2.24, 2.45) is 0 Å². The minimum Gasteiger partial charge on any atom is -0.310 e. The first-order valence-electron chi connectivity index (χ1n) is 6.88. The summed E-state index contributed by atoms with van der Waals surface area (Å²) in [5.74, 6) is 0. The van der Waals surface area contributed by atoms with Crippen LogP contribution in [0.15, 0.2) is 17.0 Å². The fourth-order valence-corrected chi connectivity index (χ4v) is 4.23. The summed E-state index contributed by atoms with van der Waals surface area (Å²) in [6.45, 7) is 6.40. The van der Waals surface area contributed by atoms with Crippen molar-refractivity contribution in [1.82, 2.24) is 10.0 Å². The highest BCUT2D eigenvalue weighted by molar-refractivity contribution is 7.89. The lowest BCUT2D eigenvalue weighted by Crippen LogP contribution is -2.34. The van der Waals surface area contributed by atoms with Crippen molar-refractivity contribution in [2.75, 3.05) is 0 Å². The van der Waals surface area contributed by atoms with Crippen LogP contribution in [0, 0.1) is 0 Å². The molecule has 4 nitrogen and oxygen atoms in total. The lowest BCUT2D eigenvalue weighted by Gasteiger charge is -2.16. The summed E-state index contributed by atoms with van der Waals surface area (Å²) < 4.78 is 27.6. The van der Waals surface area contributed by atoms with Crippen LogP contribution in [0.5, 0.6) is 0 Å². The summed E-state index contributed by atoms with van der Waals surface area (Å²) in [5.41, 5.74) is 0.383. The zero-order chi connectivity index (χ0) is 15.8. The van der Waals surface area contributed by atoms with Crippen LogP contribution in [0.25, 0.3) is 0 Å². The lowest BCUT2D eigenvalue weighted by atomic mass is 10.2. The van der Waals surface area contributed by atoms with Gasteiger partial charge in [-0.15, -0.1) is 0 Å². The highest BCUT2D eigenvalue weighted by Gasteiger charge is 2.41. The molecule has 0 radical (unpaired) electrons. The fourth-order valence-electron chi connectivity index (χ4n) is 1.90. The van der Waals surface area contributed by atoms with Crippen LogP contribution < -0.4 is 10.0 Å². The normalized spacial score (nSPS) is 17.2. The molecule has 0 spiro atoms. The molecule has 0 saturated heterocycles. The second-order valence-corrected chi connectivity index (χ2v) is 8.54. The summed E-state index contributed by atoms with van der Waals surface area (Å²) in [6.07, 6.45) is 1.69. The van der Waals surface area contributed by atoms with Gasteiger partial charge in [0.15, 0.2) is 0 Å². The van der Waals surface area contributed by atoms with Crippen LogP contribution in [0.2, 0.25) is 10.0 Å². The average Bonchev–Trinajstić information content (AvgIpc) is 3.03. The molecule has 1 aliphatic carbocycles. The topological polar surface area (TPSA) is 58.2 Å². The van der Waals surface area contributed by atoms with E-state index in [2.05, 4.69) is 10.0 Å². The van der Waals surface area contributed by atoms with Crippen LogP contribution >= 0.6 is 23.2 Å². The molecule has 0 atom stereocenters. The van der Waals surface area contributed by atoms with Crippen molar-refractivity contribution in [1.29, 1.82) is 0 Å². The van der Waals surface area contributed by atoms with Crippen LogP contribution in [-0.2, 0) is 16.6 Å². The van der Waals surface area contributed by atoms with Crippen molar-refractivity contribution in [2.45, 2.75) is 56.6 Å². The Morgan fingerprint density at radius 1 is 1.24 bits per heavy atom. The Morgan fingerprint density at radius 2 is 1.86 bits per heavy atom. The monoisotopic (exact) mass is 350 g/mol. The molecule has 1 aromatic rings. The number of rotatable bonds is 6. The highest BCUT2D eigenvalue weighted by atomic mass is 35.5. The predicted molar refractivity (Wildman–Crippen MR) is 86.4 cm³/mol. The Balaban J connectivity index is 2.32. The molecule has 2 rings (SSSR count). The largest absolute Gasteiger partial charge is 0.310 e. The SMILES string of the molecule is CC(C)NCc1cc(S(=O)(=O)NC2(C)CC2)c(Cl)cc1Cl. The number of halogens is 2. The minimum absolute atomic E-state index is 0.0854. The van der Waals surface area contributed by atoms with Crippen LogP contribution in [0.4, 0.5) is 0 Å². The maximum Gasteiger partial charge on any atom is 0.242 e. The summed E-state index contributed by atoms with van der Waals surface area (Å²) in [7, 11) is -3.63. The van der Waals surface area contributed by atoms with Gasteiger partial charge in [-0.1, -0.05) is 37.0 Å². The van der Waals surface area contributed by atoms with E-state index in [-0.39, 0.29) is 21.5 Å². The van der Waals surface area contributed by atoms with Gasteiger partial charge in [-0.05, 0) is 37.5 Å². The maximum atomic E-state index is 12.5. The van der Waals surface area contributed by atoms with E-state index >= 15 is 0 Å². The third-order valence-corrected chi connectivity index (χ3v) is 5.93. The van der Waals surface area contributed by atoms with Crippen molar-refractivity contribution in [3.63, 3.8) is 0 Å². The molecule has 1 aromatic carbocycles. The molecule has 0 aliphatic heterocycles. The highest BCUT2D eigenvalue weighted by Crippen LogP contribution is 2.37. The molecule has 0 heterocycles. The third-order valence-electron chi connectivity index (χ3n) is 3.47. The summed E-state index contributed by atoms with van der Waals surface area (Å²) in [4.78, 5) is 0.0854. The van der Waals surface area contributed by atoms with E-state index in [9.17, 15) is 8.42 Å². The van der Waals surface area contributed by atoms with Crippen LogP contribution in [0.3, 0.4) is 0 Å². The maximum absolute atomic E-state index is 12.5. The Kier molecular flexibility index (Phi) is 4.90. The molecule has 21 heavy (non-hydrogen) atoms. The molecule has 118 valence electrons. The summed E-state index contributed by atoms with van der Waals surface area (Å²) in [6, 6.07) is 3.32. The molecule has 1 saturated carbocycles.